The Hall–Kier alpha value is -1.13. The first-order valence-electron chi connectivity index (χ1n) is 5.27. The fraction of sp³-hybridized carbons (Fsp3) is 0.545. The number of anilines is 1. The van der Waals surface area contributed by atoms with Crippen molar-refractivity contribution in [1.82, 2.24) is 9.88 Å². The Kier molecular flexibility index (Phi) is 3.18. The van der Waals surface area contributed by atoms with Crippen LogP contribution in [-0.2, 0) is 11.3 Å². The van der Waals surface area contributed by atoms with Crippen molar-refractivity contribution < 1.29 is 4.74 Å². The van der Waals surface area contributed by atoms with Gasteiger partial charge in [0.25, 0.3) is 0 Å². The molecule has 2 heterocycles. The predicted molar refractivity (Wildman–Crippen MR) is 59.3 cm³/mol. The van der Waals surface area contributed by atoms with Crippen LogP contribution in [0.15, 0.2) is 18.5 Å². The lowest BCUT2D eigenvalue weighted by Crippen LogP contribution is -2.43. The second-order valence-corrected chi connectivity index (χ2v) is 3.97. The van der Waals surface area contributed by atoms with Gasteiger partial charge in [0.2, 0.25) is 0 Å². The zero-order valence-corrected chi connectivity index (χ0v) is 9.02. The van der Waals surface area contributed by atoms with Gasteiger partial charge in [0.15, 0.2) is 0 Å². The molecule has 0 radical (unpaired) electrons. The lowest BCUT2D eigenvalue weighted by Gasteiger charge is -2.33. The van der Waals surface area contributed by atoms with Crippen molar-refractivity contribution in [2.45, 2.75) is 19.5 Å². The Morgan fingerprint density at radius 3 is 3.27 bits per heavy atom. The van der Waals surface area contributed by atoms with Crippen molar-refractivity contribution in [3.63, 3.8) is 0 Å². The summed E-state index contributed by atoms with van der Waals surface area (Å²) in [4.78, 5) is 6.37. The smallest absolute Gasteiger partial charge is 0.0619 e. The number of nitrogens with two attached hydrogens (primary N) is 1. The zero-order chi connectivity index (χ0) is 10.7. The number of hydrogen-bond donors (Lipinski definition) is 1. The Labute approximate surface area is 90.0 Å². The summed E-state index contributed by atoms with van der Waals surface area (Å²) in [7, 11) is 0. The zero-order valence-electron chi connectivity index (χ0n) is 9.02. The van der Waals surface area contributed by atoms with E-state index >= 15 is 0 Å². The molecule has 0 unspecified atom stereocenters. The summed E-state index contributed by atoms with van der Waals surface area (Å²) in [6.07, 6.45) is 3.50. The lowest BCUT2D eigenvalue weighted by molar-refractivity contribution is -0.00428. The second kappa shape index (κ2) is 4.59. The van der Waals surface area contributed by atoms with Crippen LogP contribution in [0.3, 0.4) is 0 Å². The number of nitrogen functional groups attached to an aromatic ring is 1. The fourth-order valence-electron chi connectivity index (χ4n) is 1.79. The van der Waals surface area contributed by atoms with E-state index in [1.165, 1.54) is 0 Å². The summed E-state index contributed by atoms with van der Waals surface area (Å²) in [6.45, 7) is 5.67. The summed E-state index contributed by atoms with van der Waals surface area (Å²) in [5, 5.41) is 0. The third-order valence-corrected chi connectivity index (χ3v) is 2.82. The number of morpholine rings is 1. The highest BCUT2D eigenvalue weighted by Crippen LogP contribution is 2.15. The molecule has 0 aromatic carbocycles. The van der Waals surface area contributed by atoms with Gasteiger partial charge in [-0.2, -0.15) is 0 Å². The Morgan fingerprint density at radius 2 is 2.53 bits per heavy atom. The molecule has 1 aromatic rings. The van der Waals surface area contributed by atoms with E-state index in [0.717, 1.165) is 37.6 Å². The normalized spacial score (nSPS) is 22.9. The summed E-state index contributed by atoms with van der Waals surface area (Å²) < 4.78 is 5.39. The van der Waals surface area contributed by atoms with Gasteiger partial charge in [-0.1, -0.05) is 0 Å². The molecule has 4 nitrogen and oxygen atoms in total. The molecule has 0 aliphatic carbocycles. The van der Waals surface area contributed by atoms with Crippen molar-refractivity contribution in [2.24, 2.45) is 0 Å². The predicted octanol–water partition coefficient (Wildman–Crippen LogP) is 0.884. The Bertz CT molecular complexity index is 329. The molecule has 1 aromatic heterocycles. The van der Waals surface area contributed by atoms with E-state index in [-0.39, 0.29) is 0 Å². The molecule has 1 atom stereocenters. The number of ether oxygens (including phenoxy) is 1. The molecule has 0 amide bonds. The number of aromatic nitrogens is 1. The summed E-state index contributed by atoms with van der Waals surface area (Å²) >= 11 is 0. The van der Waals surface area contributed by atoms with E-state index in [0.29, 0.717) is 6.04 Å². The number of nitrogens with zero attached hydrogens (tertiary/aromatic N) is 2. The maximum absolute atomic E-state index is 5.86. The maximum Gasteiger partial charge on any atom is 0.0619 e. The van der Waals surface area contributed by atoms with E-state index < -0.39 is 0 Å². The quantitative estimate of drug-likeness (QED) is 0.782. The summed E-state index contributed by atoms with van der Waals surface area (Å²) in [5.41, 5.74) is 7.79. The molecule has 1 saturated heterocycles. The van der Waals surface area contributed by atoms with Crippen LogP contribution in [-0.4, -0.2) is 35.7 Å². The Morgan fingerprint density at radius 1 is 1.67 bits per heavy atom. The van der Waals surface area contributed by atoms with Gasteiger partial charge in [-0.3, -0.25) is 9.88 Å². The monoisotopic (exact) mass is 207 g/mol. The van der Waals surface area contributed by atoms with Gasteiger partial charge in [-0.15, -0.1) is 0 Å². The summed E-state index contributed by atoms with van der Waals surface area (Å²) in [6, 6.07) is 2.45. The SMILES string of the molecule is C[C@@H]1COCCN1Cc1ccncc1N. The average Bonchev–Trinajstić information content (AvgIpc) is 2.24. The van der Waals surface area contributed by atoms with Crippen LogP contribution in [0.1, 0.15) is 12.5 Å². The molecule has 1 fully saturated rings. The maximum atomic E-state index is 5.86. The highest BCUT2D eigenvalue weighted by Gasteiger charge is 2.19. The van der Waals surface area contributed by atoms with Gasteiger partial charge in [-0.05, 0) is 18.6 Å². The second-order valence-electron chi connectivity index (χ2n) is 3.97. The molecule has 82 valence electrons. The largest absolute Gasteiger partial charge is 0.397 e. The van der Waals surface area contributed by atoms with Crippen molar-refractivity contribution >= 4 is 5.69 Å². The van der Waals surface area contributed by atoms with Crippen LogP contribution >= 0.6 is 0 Å². The molecule has 1 aliphatic heterocycles. The molecular weight excluding hydrogens is 190 g/mol. The van der Waals surface area contributed by atoms with E-state index in [9.17, 15) is 0 Å². The number of hydrogen-bond acceptors (Lipinski definition) is 4. The average molecular weight is 207 g/mol. The number of pyridine rings is 1. The standard InChI is InChI=1S/C11H17N3O/c1-9-8-15-5-4-14(9)7-10-2-3-13-6-11(10)12/h2-3,6,9H,4-5,7-8,12H2,1H3/t9-/m1/s1. The highest BCUT2D eigenvalue weighted by molar-refractivity contribution is 5.43. The molecular formula is C11H17N3O. The molecule has 2 rings (SSSR count). The van der Waals surface area contributed by atoms with Crippen molar-refractivity contribution in [1.29, 1.82) is 0 Å². The molecule has 15 heavy (non-hydrogen) atoms. The van der Waals surface area contributed by atoms with E-state index in [4.69, 9.17) is 10.5 Å². The van der Waals surface area contributed by atoms with Gasteiger partial charge in [0.1, 0.15) is 0 Å². The first kappa shape index (κ1) is 10.4. The topological polar surface area (TPSA) is 51.4 Å². The van der Waals surface area contributed by atoms with Crippen molar-refractivity contribution in [2.75, 3.05) is 25.5 Å². The van der Waals surface area contributed by atoms with E-state index in [2.05, 4.69) is 16.8 Å². The van der Waals surface area contributed by atoms with Crippen LogP contribution in [0.5, 0.6) is 0 Å². The first-order valence-corrected chi connectivity index (χ1v) is 5.27. The number of rotatable bonds is 2. The minimum atomic E-state index is 0.464. The molecule has 1 aliphatic rings. The third kappa shape index (κ3) is 2.46. The first-order chi connectivity index (χ1) is 7.27. The highest BCUT2D eigenvalue weighted by atomic mass is 16.5. The van der Waals surface area contributed by atoms with Crippen molar-refractivity contribution in [3.8, 4) is 0 Å². The van der Waals surface area contributed by atoms with Crippen LogP contribution < -0.4 is 5.73 Å². The molecule has 0 saturated carbocycles. The molecule has 4 heteroatoms. The van der Waals surface area contributed by atoms with Crippen molar-refractivity contribution in [3.05, 3.63) is 24.0 Å². The molecule has 0 spiro atoms. The van der Waals surface area contributed by atoms with Crippen LogP contribution in [0.25, 0.3) is 0 Å². The summed E-state index contributed by atoms with van der Waals surface area (Å²) in [5.74, 6) is 0. The van der Waals surface area contributed by atoms with Gasteiger partial charge >= 0.3 is 0 Å². The van der Waals surface area contributed by atoms with Gasteiger partial charge < -0.3 is 10.5 Å². The minimum absolute atomic E-state index is 0.464. The third-order valence-electron chi connectivity index (χ3n) is 2.82. The minimum Gasteiger partial charge on any atom is -0.397 e. The molecule has 0 bridgehead atoms. The van der Waals surface area contributed by atoms with Crippen LogP contribution in [0.2, 0.25) is 0 Å². The van der Waals surface area contributed by atoms with E-state index in [1.54, 1.807) is 12.4 Å². The van der Waals surface area contributed by atoms with Crippen LogP contribution in [0, 0.1) is 0 Å². The fourth-order valence-corrected chi connectivity index (χ4v) is 1.79. The van der Waals surface area contributed by atoms with Crippen LogP contribution in [0.4, 0.5) is 5.69 Å². The molecule has 2 N–H and O–H groups in total. The van der Waals surface area contributed by atoms with Gasteiger partial charge in [0, 0.05) is 25.3 Å². The lowest BCUT2D eigenvalue weighted by atomic mass is 10.2. The Balaban J connectivity index is 2.04. The van der Waals surface area contributed by atoms with Gasteiger partial charge in [0.05, 0.1) is 25.1 Å². The van der Waals surface area contributed by atoms with Gasteiger partial charge in [-0.25, -0.2) is 0 Å². The van der Waals surface area contributed by atoms with E-state index in [1.807, 2.05) is 6.07 Å².